The summed E-state index contributed by atoms with van der Waals surface area (Å²) >= 11 is 3.56. The van der Waals surface area contributed by atoms with Crippen molar-refractivity contribution in [2.75, 3.05) is 66.7 Å². The number of ether oxygens (including phenoxy) is 4. The van der Waals surface area contributed by atoms with Gasteiger partial charge in [-0.05, 0) is 186 Å². The summed E-state index contributed by atoms with van der Waals surface area (Å²) in [6.07, 6.45) is 16.2. The molecule has 0 spiro atoms. The first kappa shape index (κ1) is 49.2. The zero-order valence-electron chi connectivity index (χ0n) is 41.4. The third-order valence-electron chi connectivity index (χ3n) is 15.2. The van der Waals surface area contributed by atoms with E-state index in [1.807, 2.05) is 60.7 Å². The second-order valence-corrected chi connectivity index (χ2v) is 22.4. The van der Waals surface area contributed by atoms with Crippen LogP contribution in [0.15, 0.2) is 84.9 Å². The molecule has 2 saturated carbocycles. The maximum absolute atomic E-state index is 13.9. The predicted octanol–water partition coefficient (Wildman–Crippen LogP) is 14.2. The van der Waals surface area contributed by atoms with E-state index in [4.69, 9.17) is 18.9 Å². The van der Waals surface area contributed by atoms with Gasteiger partial charge >= 0.3 is 0 Å². The van der Waals surface area contributed by atoms with Gasteiger partial charge in [0.2, 0.25) is 0 Å². The molecule has 10 rings (SSSR count). The number of hydrogen-bond acceptors (Lipinski definition) is 10. The van der Waals surface area contributed by atoms with Gasteiger partial charge in [-0.3, -0.25) is 19.4 Å². The summed E-state index contributed by atoms with van der Waals surface area (Å²) < 4.78 is 25.2. The highest BCUT2D eigenvalue weighted by molar-refractivity contribution is 7.20. The molecule has 2 saturated heterocycles. The smallest absolute Gasteiger partial charge is 0.194 e. The van der Waals surface area contributed by atoms with Crippen LogP contribution >= 0.6 is 22.7 Å². The lowest BCUT2D eigenvalue weighted by Crippen LogP contribution is -2.33. The summed E-state index contributed by atoms with van der Waals surface area (Å²) in [6, 6.07) is 27.7. The number of benzene rings is 4. The maximum atomic E-state index is 13.9. The highest BCUT2D eigenvalue weighted by Gasteiger charge is 2.31. The van der Waals surface area contributed by atoms with Gasteiger partial charge in [0, 0.05) is 65.3 Å². The molecule has 10 heteroatoms. The van der Waals surface area contributed by atoms with Crippen LogP contribution in [0.4, 0.5) is 0 Å². The number of carbonyl (C=O) groups excluding carboxylic acids is 2. The number of rotatable bonds is 16. The van der Waals surface area contributed by atoms with Gasteiger partial charge in [0.05, 0.1) is 14.2 Å². The van der Waals surface area contributed by atoms with Gasteiger partial charge in [0.15, 0.2) is 11.6 Å². The normalized spacial score (nSPS) is 21.2. The van der Waals surface area contributed by atoms with E-state index in [2.05, 4.69) is 47.9 Å². The minimum Gasteiger partial charge on any atom is -0.497 e. The quantitative estimate of drug-likeness (QED) is 0.0888. The standard InChI is InChI=1S/C30H37NO3S.C29H35NO3S/c1-21-7-6-8-23(19-21)30-28(26-14-13-25(33-2)20-27(26)35-30)29(32)22-9-11-24(12-10-22)34-18-17-31-15-4-3-5-16-31;1-20-6-5-7-22(18-20)29-27(25-13-12-24(32-2)19-26(25)34-29)28(31)21-8-10-23(11-9-21)33-17-16-30-14-3-4-15-30/h9-14,20-21,23H,3-8,15-19H2,1-2H3;8-13,19-20,22H,3-7,14-18H2,1-2H3. The molecule has 8 nitrogen and oxygen atoms in total. The first-order valence-electron chi connectivity index (χ1n) is 25.9. The topological polar surface area (TPSA) is 77.5 Å². The Morgan fingerprint density at radius 1 is 0.507 bits per heavy atom. The molecule has 0 bridgehead atoms. The minimum absolute atomic E-state index is 0.119. The molecular formula is C59H72N2O6S2. The molecule has 0 radical (unpaired) electrons. The maximum Gasteiger partial charge on any atom is 0.194 e. The average molecular weight is 969 g/mol. The van der Waals surface area contributed by atoms with Crippen LogP contribution < -0.4 is 18.9 Å². The van der Waals surface area contributed by atoms with Crippen molar-refractivity contribution < 1.29 is 28.5 Å². The molecule has 2 aromatic heterocycles. The molecule has 4 atom stereocenters. The molecule has 4 aliphatic rings. The minimum atomic E-state index is 0.119. The Morgan fingerprint density at radius 3 is 1.29 bits per heavy atom. The Kier molecular flexibility index (Phi) is 16.7. The van der Waals surface area contributed by atoms with Crippen molar-refractivity contribution in [3.8, 4) is 23.0 Å². The molecule has 4 aromatic carbocycles. The molecule has 4 fully saturated rings. The molecule has 0 amide bonds. The number of hydrogen-bond donors (Lipinski definition) is 0. The number of carbonyl (C=O) groups is 2. The molecular weight excluding hydrogens is 897 g/mol. The van der Waals surface area contributed by atoms with Crippen LogP contribution in [0.1, 0.15) is 151 Å². The van der Waals surface area contributed by atoms with Crippen LogP contribution in [-0.2, 0) is 0 Å². The van der Waals surface area contributed by atoms with Gasteiger partial charge in [-0.2, -0.15) is 0 Å². The largest absolute Gasteiger partial charge is 0.497 e. The molecule has 2 aliphatic heterocycles. The summed E-state index contributed by atoms with van der Waals surface area (Å²) in [5, 5.41) is 2.10. The van der Waals surface area contributed by atoms with E-state index in [0.717, 1.165) is 91.4 Å². The molecule has 69 heavy (non-hydrogen) atoms. The number of nitrogens with zero attached hydrogens (tertiary/aromatic N) is 2. The zero-order chi connectivity index (χ0) is 47.7. The average Bonchev–Trinajstić information content (AvgIpc) is 4.15. The monoisotopic (exact) mass is 968 g/mol. The van der Waals surface area contributed by atoms with Crippen LogP contribution in [0.25, 0.3) is 20.2 Å². The fourth-order valence-corrected chi connectivity index (χ4v) is 14.1. The van der Waals surface area contributed by atoms with E-state index in [0.29, 0.717) is 36.9 Å². The molecule has 4 unspecified atom stereocenters. The number of piperidine rings is 1. The summed E-state index contributed by atoms with van der Waals surface area (Å²) in [6.45, 7) is 12.7. The lowest BCUT2D eigenvalue weighted by molar-refractivity contribution is 0.103. The van der Waals surface area contributed by atoms with E-state index in [1.165, 1.54) is 107 Å². The Labute approximate surface area is 418 Å². The van der Waals surface area contributed by atoms with Crippen molar-refractivity contribution in [2.45, 2.75) is 109 Å². The van der Waals surface area contributed by atoms with Crippen LogP contribution in [0.2, 0.25) is 0 Å². The number of thiophene rings is 2. The fraction of sp³-hybridized carbons (Fsp3) is 0.492. The summed E-state index contributed by atoms with van der Waals surface area (Å²) in [5.74, 6) is 5.91. The summed E-state index contributed by atoms with van der Waals surface area (Å²) in [4.78, 5) is 35.2. The van der Waals surface area contributed by atoms with E-state index in [9.17, 15) is 9.59 Å². The van der Waals surface area contributed by atoms with Crippen LogP contribution in [0.3, 0.4) is 0 Å². The lowest BCUT2D eigenvalue weighted by atomic mass is 9.80. The van der Waals surface area contributed by atoms with Gasteiger partial charge in [0.25, 0.3) is 0 Å². The van der Waals surface area contributed by atoms with Crippen molar-refractivity contribution in [2.24, 2.45) is 11.8 Å². The van der Waals surface area contributed by atoms with Crippen LogP contribution in [0, 0.1) is 11.8 Å². The Bertz CT molecular complexity index is 2640. The summed E-state index contributed by atoms with van der Waals surface area (Å²) in [5.41, 5.74) is 3.25. The molecule has 6 aromatic rings. The van der Waals surface area contributed by atoms with Crippen molar-refractivity contribution >= 4 is 54.4 Å². The van der Waals surface area contributed by atoms with Crippen molar-refractivity contribution in [1.29, 1.82) is 0 Å². The first-order valence-corrected chi connectivity index (χ1v) is 27.6. The SMILES string of the molecule is COc1ccc2c(C(=O)c3ccc(OCCN4CCCC4)cc3)c(C3CCCC(C)C3)sc2c1.COc1ccc2c(C(=O)c3ccc(OCCN4CCCCC4)cc3)c(C3CCCC(C)C3)sc2c1. The zero-order valence-corrected chi connectivity index (χ0v) is 43.0. The highest BCUT2D eigenvalue weighted by Crippen LogP contribution is 2.47. The fourth-order valence-electron chi connectivity index (χ4n) is 11.3. The summed E-state index contributed by atoms with van der Waals surface area (Å²) in [7, 11) is 3.39. The third-order valence-corrected chi connectivity index (χ3v) is 17.8. The highest BCUT2D eigenvalue weighted by atomic mass is 32.1. The van der Waals surface area contributed by atoms with Crippen LogP contribution in [-0.4, -0.2) is 88.1 Å². The van der Waals surface area contributed by atoms with Crippen molar-refractivity contribution in [1.82, 2.24) is 9.80 Å². The van der Waals surface area contributed by atoms with E-state index < -0.39 is 0 Å². The second kappa shape index (κ2) is 23.4. The van der Waals surface area contributed by atoms with Gasteiger partial charge in [-0.1, -0.05) is 46.0 Å². The van der Waals surface area contributed by atoms with Crippen molar-refractivity contribution in [3.05, 3.63) is 117 Å². The molecule has 366 valence electrons. The Morgan fingerprint density at radius 2 is 0.899 bits per heavy atom. The molecule has 4 heterocycles. The van der Waals surface area contributed by atoms with Gasteiger partial charge in [-0.25, -0.2) is 0 Å². The second-order valence-electron chi connectivity index (χ2n) is 20.2. The predicted molar refractivity (Wildman–Crippen MR) is 284 cm³/mol. The van der Waals surface area contributed by atoms with E-state index in [1.54, 1.807) is 36.9 Å². The number of likely N-dealkylation sites (tertiary alicyclic amines) is 2. The number of ketones is 2. The van der Waals surface area contributed by atoms with Crippen LogP contribution in [0.5, 0.6) is 23.0 Å². The van der Waals surface area contributed by atoms with Gasteiger partial charge in [-0.15, -0.1) is 22.7 Å². The molecule has 2 aliphatic carbocycles. The Balaban J connectivity index is 0.000000172. The van der Waals surface area contributed by atoms with Gasteiger partial charge in [0.1, 0.15) is 36.2 Å². The first-order chi connectivity index (χ1) is 33.7. The van der Waals surface area contributed by atoms with E-state index >= 15 is 0 Å². The number of fused-ring (bicyclic) bond motifs is 2. The Hall–Kier alpha value is -4.74. The third kappa shape index (κ3) is 12.1. The van der Waals surface area contributed by atoms with E-state index in [-0.39, 0.29) is 11.6 Å². The molecule has 0 N–H and O–H groups in total. The number of methoxy groups -OCH3 is 2. The van der Waals surface area contributed by atoms with Crippen molar-refractivity contribution in [3.63, 3.8) is 0 Å². The van der Waals surface area contributed by atoms with Gasteiger partial charge < -0.3 is 18.9 Å². The lowest BCUT2D eigenvalue weighted by Gasteiger charge is -2.26.